The van der Waals surface area contributed by atoms with Crippen molar-refractivity contribution in [1.82, 2.24) is 26.3 Å². The van der Waals surface area contributed by atoms with Crippen molar-refractivity contribution in [3.63, 3.8) is 0 Å². The lowest BCUT2D eigenvalue weighted by molar-refractivity contribution is -0.144. The number of hydrogen-bond donors (Lipinski definition) is 5. The van der Waals surface area contributed by atoms with E-state index in [-0.39, 0.29) is 26.1 Å². The van der Waals surface area contributed by atoms with Gasteiger partial charge < -0.3 is 45.2 Å². The lowest BCUT2D eigenvalue weighted by atomic mass is 9.95. The van der Waals surface area contributed by atoms with E-state index in [4.69, 9.17) is 18.9 Å². The summed E-state index contributed by atoms with van der Waals surface area (Å²) in [5, 5.41) is 11.4. The Balaban J connectivity index is 1.48. The highest BCUT2D eigenvalue weighted by molar-refractivity contribution is 5.98. The highest BCUT2D eigenvalue weighted by Crippen LogP contribution is 2.37. The van der Waals surface area contributed by atoms with Crippen molar-refractivity contribution in [2.45, 2.75) is 77.5 Å². The summed E-state index contributed by atoms with van der Waals surface area (Å²) >= 11 is 0. The fourth-order valence-corrected chi connectivity index (χ4v) is 6.34. The summed E-state index contributed by atoms with van der Waals surface area (Å²) in [6.07, 6.45) is 0.440. The van der Waals surface area contributed by atoms with Gasteiger partial charge in [0.25, 0.3) is 0 Å². The average Bonchev–Trinajstić information content (AvgIpc) is 3.64. The minimum atomic E-state index is -1.14. The Morgan fingerprint density at radius 3 is 1.98 bits per heavy atom. The lowest BCUT2D eigenvalue weighted by Gasteiger charge is -2.24. The van der Waals surface area contributed by atoms with Gasteiger partial charge in [-0.3, -0.25) is 9.59 Å². The van der Waals surface area contributed by atoms with Crippen LogP contribution in [0.3, 0.4) is 0 Å². The van der Waals surface area contributed by atoms with E-state index in [2.05, 4.69) is 26.3 Å². The van der Waals surface area contributed by atoms with Crippen LogP contribution >= 0.6 is 0 Å². The first-order valence-corrected chi connectivity index (χ1v) is 19.2. The number of H-pyrrole nitrogens is 1. The van der Waals surface area contributed by atoms with E-state index < -0.39 is 53.7 Å². The number of rotatable bonds is 16. The zero-order chi connectivity index (χ0) is 42.5. The maximum atomic E-state index is 13.6. The molecule has 0 fully saturated rings. The van der Waals surface area contributed by atoms with E-state index in [9.17, 15) is 24.0 Å². The summed E-state index contributed by atoms with van der Waals surface area (Å²) in [6.45, 7) is 6.95. The Bertz CT molecular complexity index is 2240. The number of amides is 4. The molecule has 4 amide bonds. The molecular weight excluding hydrogens is 755 g/mol. The molecule has 1 heterocycles. The van der Waals surface area contributed by atoms with E-state index in [0.29, 0.717) is 16.9 Å². The van der Waals surface area contributed by atoms with Crippen molar-refractivity contribution in [2.75, 3.05) is 14.2 Å². The third-order valence-corrected chi connectivity index (χ3v) is 9.23. The number of methoxy groups -OCH3 is 1. The number of aromatic amines is 1. The normalized spacial score (nSPS) is 12.6. The third-order valence-electron chi connectivity index (χ3n) is 9.23. The number of aromatic nitrogens is 1. The second-order valence-corrected chi connectivity index (χ2v) is 14.9. The summed E-state index contributed by atoms with van der Waals surface area (Å²) in [5.74, 6) is -1.10. The largest absolute Gasteiger partial charge is 0.488 e. The highest BCUT2D eigenvalue weighted by Gasteiger charge is 2.28. The minimum Gasteiger partial charge on any atom is -0.488 e. The number of fused-ring (bicyclic) bond motifs is 1. The molecule has 0 aliphatic rings. The number of carbonyl (C=O) groups is 5. The molecule has 59 heavy (non-hydrogen) atoms. The zero-order valence-electron chi connectivity index (χ0n) is 34.0. The topological polar surface area (TPSA) is 186 Å². The van der Waals surface area contributed by atoms with Gasteiger partial charge in [0, 0.05) is 42.6 Å². The fraction of sp³-hybridized carbons (Fsp3) is 0.311. The van der Waals surface area contributed by atoms with Gasteiger partial charge in [0.05, 0.1) is 12.6 Å². The first kappa shape index (κ1) is 43.3. The van der Waals surface area contributed by atoms with Gasteiger partial charge in [0.2, 0.25) is 11.8 Å². The smallest absolute Gasteiger partial charge is 0.408 e. The molecule has 14 heteroatoms. The molecule has 14 nitrogen and oxygen atoms in total. The van der Waals surface area contributed by atoms with E-state index in [0.717, 1.165) is 33.2 Å². The molecule has 0 unspecified atom stereocenters. The van der Waals surface area contributed by atoms with Crippen LogP contribution in [0.2, 0.25) is 0 Å². The summed E-state index contributed by atoms with van der Waals surface area (Å²) in [7, 11) is 2.72. The molecule has 0 saturated heterocycles. The van der Waals surface area contributed by atoms with Crippen LogP contribution in [0.5, 0.6) is 5.75 Å². The molecule has 5 N–H and O–H groups in total. The Labute approximate surface area is 343 Å². The average molecular weight is 806 g/mol. The Morgan fingerprint density at radius 1 is 0.695 bits per heavy atom. The predicted octanol–water partition coefficient (Wildman–Crippen LogP) is 6.11. The van der Waals surface area contributed by atoms with Crippen molar-refractivity contribution in [3.05, 3.63) is 126 Å². The number of esters is 1. The van der Waals surface area contributed by atoms with E-state index in [1.54, 1.807) is 33.0 Å². The highest BCUT2D eigenvalue weighted by atomic mass is 16.6. The van der Waals surface area contributed by atoms with Crippen molar-refractivity contribution in [1.29, 1.82) is 0 Å². The molecule has 3 atom stereocenters. The van der Waals surface area contributed by atoms with Crippen LogP contribution in [-0.2, 0) is 54.6 Å². The van der Waals surface area contributed by atoms with Gasteiger partial charge in [-0.2, -0.15) is 0 Å². The number of nitrogens with one attached hydrogen (secondary N) is 5. The molecule has 0 aliphatic heterocycles. The first-order valence-electron chi connectivity index (χ1n) is 19.2. The van der Waals surface area contributed by atoms with Gasteiger partial charge in [-0.1, -0.05) is 84.9 Å². The van der Waals surface area contributed by atoms with E-state index >= 15 is 0 Å². The van der Waals surface area contributed by atoms with Crippen molar-refractivity contribution < 1.29 is 42.9 Å². The molecule has 4 aromatic carbocycles. The van der Waals surface area contributed by atoms with Crippen LogP contribution in [-0.4, -0.2) is 72.8 Å². The molecule has 0 spiro atoms. The number of alkyl carbamates (subject to hydrolysis) is 2. The maximum absolute atomic E-state index is 13.6. The number of carbonyl (C=O) groups excluding carboxylic acids is 5. The van der Waals surface area contributed by atoms with Crippen molar-refractivity contribution in [2.24, 2.45) is 0 Å². The molecule has 310 valence electrons. The molecule has 5 aromatic rings. The molecular formula is C45H51N5O9. The number of benzene rings is 4. The lowest BCUT2D eigenvalue weighted by Crippen LogP contribution is -2.52. The van der Waals surface area contributed by atoms with Gasteiger partial charge >= 0.3 is 18.2 Å². The molecule has 0 aliphatic carbocycles. The number of ether oxygens (including phenoxy) is 4. The summed E-state index contributed by atoms with van der Waals surface area (Å²) in [4.78, 5) is 67.9. The van der Waals surface area contributed by atoms with Crippen LogP contribution in [0.4, 0.5) is 9.59 Å². The van der Waals surface area contributed by atoms with Gasteiger partial charge in [-0.15, -0.1) is 0 Å². The van der Waals surface area contributed by atoms with Crippen LogP contribution in [0.25, 0.3) is 22.0 Å². The number of likely N-dealkylation sites (N-methyl/N-ethyl adjacent to an activating group) is 1. The summed E-state index contributed by atoms with van der Waals surface area (Å²) in [5.41, 5.74) is 4.54. The minimum absolute atomic E-state index is 0.0245. The molecule has 0 bridgehead atoms. The van der Waals surface area contributed by atoms with E-state index in [1.807, 2.05) is 91.0 Å². The van der Waals surface area contributed by atoms with Gasteiger partial charge in [-0.25, -0.2) is 14.4 Å². The Morgan fingerprint density at radius 2 is 1.34 bits per heavy atom. The maximum Gasteiger partial charge on any atom is 0.408 e. The van der Waals surface area contributed by atoms with Crippen LogP contribution in [0.1, 0.15) is 49.9 Å². The molecule has 1 aromatic heterocycles. The Kier molecular flexibility index (Phi) is 14.7. The molecule has 0 saturated carbocycles. The standard InChI is InChI=1S/C45H51N5O9/c1-28(42(53)56-6)48-41(52)36(50-44(55)59-45(2,3)4)23-31-20-21-38(57-26-29-14-9-7-10-15-29)35(22-31)34-19-13-18-33-32(25-47-39(33)34)24-37(40(51)46-5)49-43(54)58-27-30-16-11-8-12-17-30/h7-22,25,28,36-37,47H,23-24,26-27H2,1-6H3,(H,46,51)(H,48,52)(H,49,54)(H,50,55)/t28-,36+,37-/m0/s1. The second-order valence-electron chi connectivity index (χ2n) is 14.9. The van der Waals surface area contributed by atoms with Gasteiger partial charge in [-0.05, 0) is 62.1 Å². The second kappa shape index (κ2) is 20.0. The van der Waals surface area contributed by atoms with Crippen LogP contribution < -0.4 is 26.0 Å². The predicted molar refractivity (Wildman–Crippen MR) is 222 cm³/mol. The van der Waals surface area contributed by atoms with E-state index in [1.165, 1.54) is 21.1 Å². The fourth-order valence-electron chi connectivity index (χ4n) is 6.34. The van der Waals surface area contributed by atoms with Crippen LogP contribution in [0.15, 0.2) is 103 Å². The quantitative estimate of drug-likeness (QED) is 0.0580. The SMILES string of the molecule is CNC(=O)[C@H](Cc1c[nH]c2c(-c3cc(C[C@@H](NC(=O)OC(C)(C)C)C(=O)N[C@@H](C)C(=O)OC)ccc3OCc3ccccc3)cccc12)NC(=O)OCc1ccccc1. The van der Waals surface area contributed by atoms with Crippen molar-refractivity contribution in [3.8, 4) is 16.9 Å². The van der Waals surface area contributed by atoms with Crippen molar-refractivity contribution >= 4 is 40.9 Å². The van der Waals surface area contributed by atoms with Crippen LogP contribution in [0, 0.1) is 0 Å². The zero-order valence-corrected chi connectivity index (χ0v) is 34.0. The monoisotopic (exact) mass is 805 g/mol. The van der Waals surface area contributed by atoms with Gasteiger partial charge in [0.1, 0.15) is 42.7 Å². The first-order chi connectivity index (χ1) is 28.2. The van der Waals surface area contributed by atoms with Gasteiger partial charge in [0.15, 0.2) is 0 Å². The Hall–Kier alpha value is -6.83. The molecule has 0 radical (unpaired) electrons. The third kappa shape index (κ3) is 12.3. The summed E-state index contributed by atoms with van der Waals surface area (Å²) in [6, 6.07) is 27.1. The summed E-state index contributed by atoms with van der Waals surface area (Å²) < 4.78 is 22.1. The molecule has 5 rings (SSSR count). The number of hydrogen-bond acceptors (Lipinski definition) is 9. The number of para-hydroxylation sites is 1.